The van der Waals surface area contributed by atoms with Crippen LogP contribution in [0.25, 0.3) is 0 Å². The summed E-state index contributed by atoms with van der Waals surface area (Å²) in [7, 11) is -3.75. The smallest absolute Gasteiger partial charge is 0.243 e. The van der Waals surface area contributed by atoms with Gasteiger partial charge in [0.1, 0.15) is 0 Å². The van der Waals surface area contributed by atoms with Gasteiger partial charge < -0.3 is 5.32 Å². The summed E-state index contributed by atoms with van der Waals surface area (Å²) in [6.45, 7) is 1.48. The Bertz CT molecular complexity index is 806. The number of hydrogen-bond acceptors (Lipinski definition) is 3. The van der Waals surface area contributed by atoms with E-state index in [-0.39, 0.29) is 33.7 Å². The van der Waals surface area contributed by atoms with Crippen molar-refractivity contribution in [2.24, 2.45) is 0 Å². The second-order valence-electron chi connectivity index (χ2n) is 4.89. The summed E-state index contributed by atoms with van der Waals surface area (Å²) in [5, 5.41) is 3.12. The molecule has 0 saturated carbocycles. The van der Waals surface area contributed by atoms with E-state index < -0.39 is 15.9 Å². The van der Waals surface area contributed by atoms with E-state index in [1.807, 2.05) is 0 Å². The predicted molar refractivity (Wildman–Crippen MR) is 96.0 cm³/mol. The van der Waals surface area contributed by atoms with Crippen molar-refractivity contribution in [3.8, 4) is 0 Å². The molecule has 128 valence electrons. The van der Waals surface area contributed by atoms with E-state index in [1.54, 1.807) is 43.3 Å². The molecule has 2 rings (SSSR count). The molecule has 0 radical (unpaired) electrons. The second-order valence-corrected chi connectivity index (χ2v) is 7.64. The maximum Gasteiger partial charge on any atom is 0.243 e. The van der Waals surface area contributed by atoms with Crippen LogP contribution in [0.5, 0.6) is 0 Å². The number of anilines is 1. The van der Waals surface area contributed by atoms with Crippen molar-refractivity contribution in [1.82, 2.24) is 4.31 Å². The molecule has 2 aromatic carbocycles. The van der Waals surface area contributed by atoms with Crippen LogP contribution in [0.3, 0.4) is 0 Å². The number of sulfonamides is 1. The van der Waals surface area contributed by atoms with E-state index in [9.17, 15) is 13.2 Å². The summed E-state index contributed by atoms with van der Waals surface area (Å²) < 4.78 is 26.2. The van der Waals surface area contributed by atoms with Crippen LogP contribution in [0.1, 0.15) is 6.92 Å². The molecule has 24 heavy (non-hydrogen) atoms. The minimum atomic E-state index is -3.75. The van der Waals surface area contributed by atoms with Gasteiger partial charge in [0.05, 0.1) is 27.2 Å². The molecule has 8 heteroatoms. The van der Waals surface area contributed by atoms with E-state index in [0.717, 1.165) is 4.31 Å². The van der Waals surface area contributed by atoms with Gasteiger partial charge in [0.25, 0.3) is 0 Å². The van der Waals surface area contributed by atoms with Crippen LogP contribution >= 0.6 is 23.2 Å². The Kier molecular flexibility index (Phi) is 6.23. The number of halogens is 2. The standard InChI is InChI=1S/C16H16Cl2N2O3S/c1-2-20(24(22,23)12-7-4-3-5-8-12)11-15(21)19-16-13(17)9-6-10-14(16)18/h3-10H,2,11H2,1H3,(H,19,21). The Labute approximate surface area is 151 Å². The molecule has 1 amide bonds. The number of benzene rings is 2. The highest BCUT2D eigenvalue weighted by atomic mass is 35.5. The average Bonchev–Trinajstić information content (AvgIpc) is 2.57. The SMILES string of the molecule is CCN(CC(=O)Nc1c(Cl)cccc1Cl)S(=O)(=O)c1ccccc1. The van der Waals surface area contributed by atoms with Crippen LogP contribution in [0, 0.1) is 0 Å². The maximum atomic E-state index is 12.6. The normalized spacial score (nSPS) is 11.5. The first-order valence-electron chi connectivity index (χ1n) is 7.15. The number of amides is 1. The number of nitrogens with zero attached hydrogens (tertiary/aromatic N) is 1. The highest BCUT2D eigenvalue weighted by molar-refractivity contribution is 7.89. The molecule has 5 nitrogen and oxygen atoms in total. The molecule has 0 aliphatic heterocycles. The lowest BCUT2D eigenvalue weighted by Crippen LogP contribution is -2.37. The van der Waals surface area contributed by atoms with E-state index in [1.165, 1.54) is 12.1 Å². The summed E-state index contributed by atoms with van der Waals surface area (Å²) in [6, 6.07) is 12.8. The summed E-state index contributed by atoms with van der Waals surface area (Å²) in [5.74, 6) is -0.522. The van der Waals surface area contributed by atoms with Crippen LogP contribution in [0.4, 0.5) is 5.69 Å². The number of carbonyl (C=O) groups excluding carboxylic acids is 1. The molecular formula is C16H16Cl2N2O3S. The third-order valence-corrected chi connectivity index (χ3v) is 5.85. The van der Waals surface area contributed by atoms with E-state index in [4.69, 9.17) is 23.2 Å². The third-order valence-electron chi connectivity index (χ3n) is 3.28. The monoisotopic (exact) mass is 386 g/mol. The topological polar surface area (TPSA) is 66.5 Å². The van der Waals surface area contributed by atoms with Gasteiger partial charge >= 0.3 is 0 Å². The number of hydrogen-bond donors (Lipinski definition) is 1. The second kappa shape index (κ2) is 7.98. The quantitative estimate of drug-likeness (QED) is 0.823. The fraction of sp³-hybridized carbons (Fsp3) is 0.188. The van der Waals surface area contributed by atoms with Gasteiger partial charge in [0.15, 0.2) is 0 Å². The fourth-order valence-corrected chi connectivity index (χ4v) is 3.98. The molecule has 0 aliphatic carbocycles. The fourth-order valence-electron chi connectivity index (χ4n) is 2.06. The highest BCUT2D eigenvalue weighted by Crippen LogP contribution is 2.29. The van der Waals surface area contributed by atoms with Crippen LogP contribution < -0.4 is 5.32 Å². The highest BCUT2D eigenvalue weighted by Gasteiger charge is 2.25. The Balaban J connectivity index is 2.17. The van der Waals surface area contributed by atoms with Gasteiger partial charge in [-0.25, -0.2) is 8.42 Å². The zero-order valence-corrected chi connectivity index (χ0v) is 15.2. The minimum Gasteiger partial charge on any atom is -0.322 e. The number of para-hydroxylation sites is 1. The van der Waals surface area contributed by atoms with E-state index in [2.05, 4.69) is 5.32 Å². The van der Waals surface area contributed by atoms with Gasteiger partial charge in [0.2, 0.25) is 15.9 Å². The molecule has 2 aromatic rings. The molecule has 0 heterocycles. The van der Waals surface area contributed by atoms with Crippen molar-refractivity contribution in [1.29, 1.82) is 0 Å². The summed E-state index contributed by atoms with van der Waals surface area (Å²) >= 11 is 12.0. The Hall–Kier alpha value is -1.60. The Morgan fingerprint density at radius 2 is 1.62 bits per heavy atom. The molecule has 0 bridgehead atoms. The van der Waals surface area contributed by atoms with Gasteiger partial charge in [-0.3, -0.25) is 4.79 Å². The first kappa shape index (κ1) is 18.7. The molecular weight excluding hydrogens is 371 g/mol. The largest absolute Gasteiger partial charge is 0.322 e. The zero-order valence-electron chi connectivity index (χ0n) is 12.9. The summed E-state index contributed by atoms with van der Waals surface area (Å²) in [4.78, 5) is 12.4. The minimum absolute atomic E-state index is 0.135. The van der Waals surface area contributed by atoms with Crippen LogP contribution in [0.2, 0.25) is 10.0 Å². The van der Waals surface area contributed by atoms with Gasteiger partial charge in [-0.1, -0.05) is 54.4 Å². The lowest BCUT2D eigenvalue weighted by atomic mass is 10.3. The van der Waals surface area contributed by atoms with Gasteiger partial charge in [-0.15, -0.1) is 0 Å². The molecule has 0 unspecified atom stereocenters. The van der Waals surface area contributed by atoms with Gasteiger partial charge in [0, 0.05) is 6.54 Å². The summed E-state index contributed by atoms with van der Waals surface area (Å²) in [6.07, 6.45) is 0. The zero-order chi connectivity index (χ0) is 17.7. The summed E-state index contributed by atoms with van der Waals surface area (Å²) in [5.41, 5.74) is 0.263. The lowest BCUT2D eigenvalue weighted by molar-refractivity contribution is -0.116. The molecule has 0 spiro atoms. The van der Waals surface area contributed by atoms with E-state index in [0.29, 0.717) is 0 Å². The first-order chi connectivity index (χ1) is 11.4. The number of likely N-dealkylation sites (N-methyl/N-ethyl adjacent to an activating group) is 1. The first-order valence-corrected chi connectivity index (χ1v) is 9.35. The maximum absolute atomic E-state index is 12.6. The third kappa shape index (κ3) is 4.27. The molecule has 0 saturated heterocycles. The van der Waals surface area contributed by atoms with E-state index >= 15 is 0 Å². The van der Waals surface area contributed by atoms with Gasteiger partial charge in [-0.05, 0) is 24.3 Å². The number of rotatable bonds is 6. The molecule has 0 aromatic heterocycles. The molecule has 0 atom stereocenters. The number of nitrogens with one attached hydrogen (secondary N) is 1. The van der Waals surface area contributed by atoms with Crippen molar-refractivity contribution in [2.45, 2.75) is 11.8 Å². The number of carbonyl (C=O) groups is 1. The van der Waals surface area contributed by atoms with Crippen molar-refractivity contribution in [3.05, 3.63) is 58.6 Å². The van der Waals surface area contributed by atoms with Crippen molar-refractivity contribution < 1.29 is 13.2 Å². The molecule has 0 aliphatic rings. The Morgan fingerprint density at radius 1 is 1.04 bits per heavy atom. The van der Waals surface area contributed by atoms with Crippen molar-refractivity contribution in [3.63, 3.8) is 0 Å². The Morgan fingerprint density at radius 3 is 2.17 bits per heavy atom. The molecule has 0 fully saturated rings. The lowest BCUT2D eigenvalue weighted by Gasteiger charge is -2.20. The average molecular weight is 387 g/mol. The molecule has 1 N–H and O–H groups in total. The van der Waals surface area contributed by atoms with Crippen LogP contribution in [0.15, 0.2) is 53.4 Å². The van der Waals surface area contributed by atoms with Crippen molar-refractivity contribution >= 4 is 44.8 Å². The van der Waals surface area contributed by atoms with Crippen LogP contribution in [-0.2, 0) is 14.8 Å². The van der Waals surface area contributed by atoms with Crippen LogP contribution in [-0.4, -0.2) is 31.7 Å². The van der Waals surface area contributed by atoms with Crippen molar-refractivity contribution in [2.75, 3.05) is 18.4 Å². The predicted octanol–water partition coefficient (Wildman–Crippen LogP) is 3.64. The van der Waals surface area contributed by atoms with Gasteiger partial charge in [-0.2, -0.15) is 4.31 Å².